The van der Waals surface area contributed by atoms with E-state index in [1.807, 2.05) is 0 Å². The number of aromatic carboxylic acids is 1. The molecule has 2 heterocycles. The van der Waals surface area contributed by atoms with Gasteiger partial charge in [-0.1, -0.05) is 0 Å². The molecule has 0 spiro atoms. The smallest absolute Gasteiger partial charge is 0.335 e. The fourth-order valence-electron chi connectivity index (χ4n) is 2.90. The molecule has 1 aromatic carbocycles. The predicted octanol–water partition coefficient (Wildman–Crippen LogP) is -0.367. The number of benzene rings is 1. The second-order valence-electron chi connectivity index (χ2n) is 5.99. The Morgan fingerprint density at radius 2 is 1.69 bits per heavy atom. The summed E-state index contributed by atoms with van der Waals surface area (Å²) >= 11 is 0. The highest BCUT2D eigenvalue weighted by atomic mass is 32.2. The van der Waals surface area contributed by atoms with Crippen molar-refractivity contribution < 1.29 is 32.6 Å². The number of amides is 1. The van der Waals surface area contributed by atoms with E-state index >= 15 is 0 Å². The summed E-state index contributed by atoms with van der Waals surface area (Å²) in [5.41, 5.74) is 0.0223. The van der Waals surface area contributed by atoms with E-state index in [0.29, 0.717) is 13.2 Å². The van der Waals surface area contributed by atoms with Crippen molar-refractivity contribution in [1.82, 2.24) is 9.21 Å². The lowest BCUT2D eigenvalue weighted by Crippen LogP contribution is -2.54. The molecule has 2 aliphatic heterocycles. The minimum absolute atomic E-state index is 0.0223. The van der Waals surface area contributed by atoms with Gasteiger partial charge in [-0.25, -0.2) is 13.2 Å². The molecule has 1 amide bonds. The summed E-state index contributed by atoms with van der Waals surface area (Å²) in [5, 5.41) is 8.90. The number of ether oxygens (including phenoxy) is 2. The van der Waals surface area contributed by atoms with Gasteiger partial charge in [0.1, 0.15) is 0 Å². The number of nitrogens with zero attached hydrogens (tertiary/aromatic N) is 2. The van der Waals surface area contributed by atoms with Crippen molar-refractivity contribution in [3.8, 4) is 0 Å². The minimum atomic E-state index is -3.73. The van der Waals surface area contributed by atoms with Gasteiger partial charge in [0, 0.05) is 26.2 Å². The van der Waals surface area contributed by atoms with Gasteiger partial charge in [-0.15, -0.1) is 0 Å². The number of carboxylic acid groups (broad SMARTS) is 1. The summed E-state index contributed by atoms with van der Waals surface area (Å²) in [6.45, 7) is 1.93. The van der Waals surface area contributed by atoms with Crippen molar-refractivity contribution in [1.29, 1.82) is 0 Å². The van der Waals surface area contributed by atoms with Crippen molar-refractivity contribution in [3.63, 3.8) is 0 Å². The van der Waals surface area contributed by atoms with Gasteiger partial charge in [0.15, 0.2) is 6.10 Å². The lowest BCUT2D eigenvalue weighted by Gasteiger charge is -2.36. The molecule has 2 fully saturated rings. The molecule has 0 radical (unpaired) electrons. The molecule has 0 aliphatic carbocycles. The summed E-state index contributed by atoms with van der Waals surface area (Å²) in [7, 11) is -3.73. The third kappa shape index (κ3) is 3.88. The average Bonchev–Trinajstić information content (AvgIpc) is 2.68. The highest BCUT2D eigenvalue weighted by Gasteiger charge is 2.33. The van der Waals surface area contributed by atoms with E-state index in [4.69, 9.17) is 14.6 Å². The quantitative estimate of drug-likeness (QED) is 0.754. The number of hydrogen-bond acceptors (Lipinski definition) is 6. The largest absolute Gasteiger partial charge is 0.478 e. The molecule has 10 heteroatoms. The number of carboxylic acids is 1. The Kier molecular flexibility index (Phi) is 5.56. The molecule has 0 bridgehead atoms. The topological polar surface area (TPSA) is 113 Å². The highest BCUT2D eigenvalue weighted by molar-refractivity contribution is 7.89. The van der Waals surface area contributed by atoms with E-state index in [1.54, 1.807) is 4.90 Å². The van der Waals surface area contributed by atoms with E-state index < -0.39 is 22.1 Å². The van der Waals surface area contributed by atoms with Crippen LogP contribution in [0.25, 0.3) is 0 Å². The molecule has 2 aliphatic rings. The third-order valence-corrected chi connectivity index (χ3v) is 6.29. The first-order chi connectivity index (χ1) is 12.4. The van der Waals surface area contributed by atoms with Gasteiger partial charge < -0.3 is 19.5 Å². The number of carbonyl (C=O) groups is 2. The predicted molar refractivity (Wildman–Crippen MR) is 89.3 cm³/mol. The van der Waals surface area contributed by atoms with Crippen LogP contribution < -0.4 is 0 Å². The number of piperazine rings is 1. The van der Waals surface area contributed by atoms with E-state index in [-0.39, 0.29) is 49.2 Å². The van der Waals surface area contributed by atoms with Crippen molar-refractivity contribution >= 4 is 21.9 Å². The molecule has 1 atom stereocenters. The van der Waals surface area contributed by atoms with Crippen LogP contribution in [0.4, 0.5) is 0 Å². The van der Waals surface area contributed by atoms with Crippen LogP contribution in [0, 0.1) is 0 Å². The van der Waals surface area contributed by atoms with Crippen LogP contribution in [0.5, 0.6) is 0 Å². The lowest BCUT2D eigenvalue weighted by molar-refractivity contribution is -0.159. The van der Waals surface area contributed by atoms with Gasteiger partial charge in [-0.3, -0.25) is 4.79 Å². The zero-order valence-electron chi connectivity index (χ0n) is 14.0. The zero-order valence-corrected chi connectivity index (χ0v) is 14.9. The molecule has 26 heavy (non-hydrogen) atoms. The molecule has 0 saturated carbocycles. The Labute approximate surface area is 151 Å². The Balaban J connectivity index is 1.63. The van der Waals surface area contributed by atoms with Crippen LogP contribution in [0.2, 0.25) is 0 Å². The van der Waals surface area contributed by atoms with Gasteiger partial charge in [-0.2, -0.15) is 4.31 Å². The van der Waals surface area contributed by atoms with Crippen LogP contribution in [0.1, 0.15) is 10.4 Å². The van der Waals surface area contributed by atoms with Crippen molar-refractivity contribution in [2.24, 2.45) is 0 Å². The molecule has 0 aromatic heterocycles. The molecule has 3 rings (SSSR count). The van der Waals surface area contributed by atoms with Gasteiger partial charge in [0.05, 0.1) is 30.3 Å². The minimum Gasteiger partial charge on any atom is -0.478 e. The van der Waals surface area contributed by atoms with Gasteiger partial charge in [-0.05, 0) is 24.3 Å². The van der Waals surface area contributed by atoms with Crippen LogP contribution >= 0.6 is 0 Å². The molecule has 9 nitrogen and oxygen atoms in total. The lowest BCUT2D eigenvalue weighted by atomic mass is 10.2. The number of carbonyl (C=O) groups excluding carboxylic acids is 1. The normalized spacial score (nSPS) is 22.2. The SMILES string of the molecule is O=C(O)c1ccc(S(=O)(=O)N2CCN(C(=O)C3COCCO3)CC2)cc1. The maximum absolute atomic E-state index is 12.7. The first-order valence-electron chi connectivity index (χ1n) is 8.21. The first kappa shape index (κ1) is 18.8. The number of hydrogen-bond donors (Lipinski definition) is 1. The van der Waals surface area contributed by atoms with Crippen LogP contribution in [-0.2, 0) is 24.3 Å². The third-order valence-electron chi connectivity index (χ3n) is 4.38. The summed E-state index contributed by atoms with van der Waals surface area (Å²) in [5.74, 6) is -1.30. The van der Waals surface area contributed by atoms with E-state index in [2.05, 4.69) is 0 Å². The molecular formula is C16H20N2O7S. The summed E-state index contributed by atoms with van der Waals surface area (Å²) < 4.78 is 37.3. The first-order valence-corrected chi connectivity index (χ1v) is 9.65. The van der Waals surface area contributed by atoms with Gasteiger partial charge >= 0.3 is 5.97 Å². The molecule has 2 saturated heterocycles. The Hall–Kier alpha value is -2.01. The summed E-state index contributed by atoms with van der Waals surface area (Å²) in [6.07, 6.45) is -0.629. The monoisotopic (exact) mass is 384 g/mol. The maximum Gasteiger partial charge on any atom is 0.335 e. The maximum atomic E-state index is 12.7. The fourth-order valence-corrected chi connectivity index (χ4v) is 4.32. The average molecular weight is 384 g/mol. The Bertz CT molecular complexity index is 764. The van der Waals surface area contributed by atoms with E-state index in [0.717, 1.165) is 0 Å². The highest BCUT2D eigenvalue weighted by Crippen LogP contribution is 2.19. The van der Waals surface area contributed by atoms with Gasteiger partial charge in [0.2, 0.25) is 10.0 Å². The summed E-state index contributed by atoms with van der Waals surface area (Å²) in [4.78, 5) is 24.9. The van der Waals surface area contributed by atoms with E-state index in [1.165, 1.54) is 28.6 Å². The zero-order chi connectivity index (χ0) is 18.7. The molecule has 1 unspecified atom stereocenters. The molecular weight excluding hydrogens is 364 g/mol. The van der Waals surface area contributed by atoms with Crippen LogP contribution in [-0.4, -0.2) is 86.7 Å². The van der Waals surface area contributed by atoms with Crippen LogP contribution in [0.15, 0.2) is 29.2 Å². The number of rotatable bonds is 4. The fraction of sp³-hybridized carbons (Fsp3) is 0.500. The van der Waals surface area contributed by atoms with Gasteiger partial charge in [0.25, 0.3) is 5.91 Å². The second-order valence-corrected chi connectivity index (χ2v) is 7.93. The van der Waals surface area contributed by atoms with Crippen molar-refractivity contribution in [3.05, 3.63) is 29.8 Å². The summed E-state index contributed by atoms with van der Waals surface area (Å²) in [6, 6.07) is 5.08. The second kappa shape index (κ2) is 7.70. The van der Waals surface area contributed by atoms with Crippen molar-refractivity contribution in [2.75, 3.05) is 46.0 Å². The Morgan fingerprint density at radius 3 is 2.23 bits per heavy atom. The molecule has 1 N–H and O–H groups in total. The Morgan fingerprint density at radius 1 is 1.04 bits per heavy atom. The number of sulfonamides is 1. The standard InChI is InChI=1S/C16H20N2O7S/c19-15(14-11-24-9-10-25-14)17-5-7-18(8-6-17)26(22,23)13-3-1-12(2-4-13)16(20)21/h1-4,14H,5-11H2,(H,20,21). The molecule has 142 valence electrons. The van der Waals surface area contributed by atoms with E-state index in [9.17, 15) is 18.0 Å². The van der Waals surface area contributed by atoms with Crippen molar-refractivity contribution in [2.45, 2.75) is 11.0 Å². The molecule has 1 aromatic rings. The van der Waals surface area contributed by atoms with Crippen LogP contribution in [0.3, 0.4) is 0 Å².